The highest BCUT2D eigenvalue weighted by Gasteiger charge is 2.31. The highest BCUT2D eigenvalue weighted by Crippen LogP contribution is 2.22. The third-order valence-electron chi connectivity index (χ3n) is 9.02. The van der Waals surface area contributed by atoms with Crippen molar-refractivity contribution in [2.24, 2.45) is 17.8 Å². The molecule has 0 aliphatic carbocycles. The fraction of sp³-hybridized carbons (Fsp3) is 0.857. The van der Waals surface area contributed by atoms with Gasteiger partial charge in [0.05, 0.1) is 43.9 Å². The van der Waals surface area contributed by atoms with Crippen molar-refractivity contribution in [3.05, 3.63) is 12.2 Å². The molecule has 0 saturated heterocycles. The van der Waals surface area contributed by atoms with Crippen molar-refractivity contribution in [2.75, 3.05) is 26.2 Å². The number of carboxylic acid groups (broad SMARTS) is 3. The summed E-state index contributed by atoms with van der Waals surface area (Å²) >= 11 is 0. The molecule has 0 aliphatic heterocycles. The maximum atomic E-state index is 11.5. The number of rotatable bonds is 30. The van der Waals surface area contributed by atoms with Crippen LogP contribution in [-0.4, -0.2) is 63.9 Å². The molecule has 0 bridgehead atoms. The lowest BCUT2D eigenvalue weighted by molar-refractivity contribution is -0.929. The number of carboxylic acids is 3. The van der Waals surface area contributed by atoms with Gasteiger partial charge >= 0.3 is 17.9 Å². The number of nitrogens with zero attached hydrogens (tertiary/aromatic N) is 1. The molecule has 0 aliphatic rings. The molecule has 0 aromatic rings. The topological polar surface area (TPSA) is 112 Å². The van der Waals surface area contributed by atoms with Gasteiger partial charge in [0.15, 0.2) is 0 Å². The van der Waals surface area contributed by atoms with Gasteiger partial charge in [0.25, 0.3) is 0 Å². The molecule has 0 aromatic carbocycles. The van der Waals surface area contributed by atoms with Crippen LogP contribution in [0.25, 0.3) is 0 Å². The summed E-state index contributed by atoms with van der Waals surface area (Å²) in [6, 6.07) is 0. The van der Waals surface area contributed by atoms with E-state index in [9.17, 15) is 29.7 Å². The van der Waals surface area contributed by atoms with E-state index >= 15 is 0 Å². The minimum absolute atomic E-state index is 0.478. The van der Waals surface area contributed by atoms with Gasteiger partial charge in [0, 0.05) is 19.3 Å². The number of carbonyl (C=O) groups is 3. The largest absolute Gasteiger partial charge is 0.481 e. The third-order valence-corrected chi connectivity index (χ3v) is 9.02. The van der Waals surface area contributed by atoms with E-state index in [1.165, 1.54) is 89.9 Å². The number of unbranched alkanes of at least 4 members (excludes halogenated alkanes) is 14. The van der Waals surface area contributed by atoms with Crippen LogP contribution in [0.4, 0.5) is 0 Å². The Morgan fingerprint density at radius 3 is 1.14 bits per heavy atom. The highest BCUT2D eigenvalue weighted by molar-refractivity contribution is 5.70. The van der Waals surface area contributed by atoms with Crippen LogP contribution in [0, 0.1) is 17.8 Å². The van der Waals surface area contributed by atoms with Gasteiger partial charge in [-0.1, -0.05) is 104 Å². The first-order valence-electron chi connectivity index (χ1n) is 17.2. The average Bonchev–Trinajstić information content (AvgIpc) is 2.96. The van der Waals surface area contributed by atoms with Gasteiger partial charge in [0.1, 0.15) is 0 Å². The molecule has 0 amide bonds. The molecule has 0 heterocycles. The van der Waals surface area contributed by atoms with Crippen LogP contribution in [0.15, 0.2) is 12.2 Å². The van der Waals surface area contributed by atoms with E-state index < -0.39 is 35.7 Å². The van der Waals surface area contributed by atoms with E-state index in [1.54, 1.807) is 20.8 Å². The van der Waals surface area contributed by atoms with Crippen LogP contribution in [0.3, 0.4) is 0 Å². The smallest absolute Gasteiger partial charge is 0.306 e. The molecule has 0 spiro atoms. The Morgan fingerprint density at radius 1 is 0.500 bits per heavy atom. The van der Waals surface area contributed by atoms with Crippen molar-refractivity contribution in [3.63, 3.8) is 0 Å². The molecular formula is C35H66NO6+. The lowest BCUT2D eigenvalue weighted by Crippen LogP contribution is -2.52. The van der Waals surface area contributed by atoms with Crippen molar-refractivity contribution in [2.45, 2.75) is 150 Å². The molecule has 0 aromatic heterocycles. The number of hydrogen-bond donors (Lipinski definition) is 3. The van der Waals surface area contributed by atoms with E-state index in [2.05, 4.69) is 19.1 Å². The zero-order chi connectivity index (χ0) is 31.6. The number of allylic oxidation sites excluding steroid dienone is 2. The van der Waals surface area contributed by atoms with Crippen molar-refractivity contribution in [1.29, 1.82) is 0 Å². The Labute approximate surface area is 257 Å². The first-order valence-corrected chi connectivity index (χ1v) is 17.2. The highest BCUT2D eigenvalue weighted by atomic mass is 16.4. The summed E-state index contributed by atoms with van der Waals surface area (Å²) in [5.41, 5.74) is 0. The Bertz CT molecular complexity index is 677. The van der Waals surface area contributed by atoms with Gasteiger partial charge < -0.3 is 19.8 Å². The van der Waals surface area contributed by atoms with Crippen LogP contribution < -0.4 is 0 Å². The van der Waals surface area contributed by atoms with E-state index in [0.29, 0.717) is 43.4 Å². The quantitative estimate of drug-likeness (QED) is 0.0433. The number of quaternary nitrogens is 1. The predicted octanol–water partition coefficient (Wildman–Crippen LogP) is 8.95. The third kappa shape index (κ3) is 21.8. The van der Waals surface area contributed by atoms with E-state index in [0.717, 1.165) is 19.4 Å². The number of hydrogen-bond acceptors (Lipinski definition) is 3. The first kappa shape index (κ1) is 40.1. The van der Waals surface area contributed by atoms with Crippen LogP contribution >= 0.6 is 0 Å². The molecule has 0 radical (unpaired) electrons. The summed E-state index contributed by atoms with van der Waals surface area (Å²) in [6.45, 7) is 10.2. The van der Waals surface area contributed by atoms with E-state index in [-0.39, 0.29) is 0 Å². The standard InChI is InChI=1S/C35H65NO6/c1-5-6-7-8-9-10-11-12-13-14-15-16-17-18-19-20-21-22-26-36(27-23-30(2)33(37)38,28-24-31(3)34(39)40)29-25-32(4)35(41)42/h9-10,30-32H,5-8,11-29H2,1-4H3,(H2-,37,38,39,40,41,42)/p+1/b10-9+. The SMILES string of the molecule is CCCCC/C=C/CCCCCCCCCCCCC[N+](CCC(C)C(=O)O)(CCC(C)C(=O)O)CCC(C)C(=O)O. The van der Waals surface area contributed by atoms with Gasteiger partial charge in [-0.15, -0.1) is 0 Å². The second kappa shape index (κ2) is 25.6. The van der Waals surface area contributed by atoms with E-state index in [4.69, 9.17) is 0 Å². The van der Waals surface area contributed by atoms with Gasteiger partial charge in [-0.2, -0.15) is 0 Å². The Morgan fingerprint density at radius 2 is 0.810 bits per heavy atom. The molecule has 3 unspecified atom stereocenters. The van der Waals surface area contributed by atoms with Gasteiger partial charge in [0.2, 0.25) is 0 Å². The fourth-order valence-corrected chi connectivity index (χ4v) is 5.49. The monoisotopic (exact) mass is 596 g/mol. The van der Waals surface area contributed by atoms with Crippen LogP contribution in [-0.2, 0) is 14.4 Å². The van der Waals surface area contributed by atoms with Crippen molar-refractivity contribution in [1.82, 2.24) is 0 Å². The van der Waals surface area contributed by atoms with Crippen LogP contribution in [0.1, 0.15) is 150 Å². The van der Waals surface area contributed by atoms with Crippen LogP contribution in [0.2, 0.25) is 0 Å². The molecule has 0 saturated carbocycles. The molecule has 7 nitrogen and oxygen atoms in total. The zero-order valence-electron chi connectivity index (χ0n) is 27.7. The molecule has 0 rings (SSSR count). The summed E-state index contributed by atoms with van der Waals surface area (Å²) < 4.78 is 0.613. The normalized spacial score (nSPS) is 15.3. The van der Waals surface area contributed by atoms with Crippen molar-refractivity contribution >= 4 is 17.9 Å². The zero-order valence-corrected chi connectivity index (χ0v) is 27.7. The molecule has 246 valence electrons. The molecule has 7 heteroatoms. The van der Waals surface area contributed by atoms with Crippen LogP contribution in [0.5, 0.6) is 0 Å². The average molecular weight is 597 g/mol. The fourth-order valence-electron chi connectivity index (χ4n) is 5.49. The number of aliphatic carboxylic acids is 3. The Balaban J connectivity index is 4.51. The molecule has 0 fully saturated rings. The summed E-state index contributed by atoms with van der Waals surface area (Å²) in [5.74, 6) is -3.90. The summed E-state index contributed by atoms with van der Waals surface area (Å²) in [7, 11) is 0. The predicted molar refractivity (Wildman–Crippen MR) is 173 cm³/mol. The Kier molecular flexibility index (Phi) is 24.4. The summed E-state index contributed by atoms with van der Waals surface area (Å²) in [5, 5.41) is 28.3. The molecule has 3 N–H and O–H groups in total. The summed E-state index contributed by atoms with van der Waals surface area (Å²) in [4.78, 5) is 34.5. The summed E-state index contributed by atoms with van der Waals surface area (Å²) in [6.07, 6.45) is 26.3. The minimum Gasteiger partial charge on any atom is -0.481 e. The second-order valence-electron chi connectivity index (χ2n) is 13.0. The van der Waals surface area contributed by atoms with Gasteiger partial charge in [-0.3, -0.25) is 14.4 Å². The second-order valence-corrected chi connectivity index (χ2v) is 13.0. The molecular weight excluding hydrogens is 530 g/mol. The van der Waals surface area contributed by atoms with Gasteiger partial charge in [-0.05, 0) is 38.5 Å². The Hall–Kier alpha value is -1.89. The maximum absolute atomic E-state index is 11.5. The van der Waals surface area contributed by atoms with E-state index in [1.807, 2.05) is 0 Å². The lowest BCUT2D eigenvalue weighted by Gasteiger charge is -2.40. The van der Waals surface area contributed by atoms with Gasteiger partial charge in [-0.25, -0.2) is 0 Å². The molecule has 3 atom stereocenters. The maximum Gasteiger partial charge on any atom is 0.306 e. The first-order chi connectivity index (χ1) is 20.0. The molecule has 42 heavy (non-hydrogen) atoms. The van der Waals surface area contributed by atoms with Crippen molar-refractivity contribution in [3.8, 4) is 0 Å². The minimum atomic E-state index is -0.823. The lowest BCUT2D eigenvalue weighted by atomic mass is 10.0. The van der Waals surface area contributed by atoms with Crippen molar-refractivity contribution < 1.29 is 34.2 Å².